The van der Waals surface area contributed by atoms with Crippen molar-refractivity contribution in [3.05, 3.63) is 30.6 Å². The van der Waals surface area contributed by atoms with Crippen LogP contribution in [0.4, 0.5) is 5.69 Å². The zero-order valence-corrected chi connectivity index (χ0v) is 12.2. The molecule has 0 spiro atoms. The number of anilines is 1. The summed E-state index contributed by atoms with van der Waals surface area (Å²) >= 11 is 0. The van der Waals surface area contributed by atoms with E-state index in [1.54, 1.807) is 6.33 Å². The number of carbonyl (C=O) groups excluding carboxylic acids is 1. The quantitative estimate of drug-likeness (QED) is 0.938. The second kappa shape index (κ2) is 6.08. The molecule has 0 unspecified atom stereocenters. The van der Waals surface area contributed by atoms with E-state index in [0.717, 1.165) is 49.3 Å². The van der Waals surface area contributed by atoms with Gasteiger partial charge in [0.15, 0.2) is 5.82 Å². The number of aryl methyl sites for hydroxylation is 1. The number of rotatable bonds is 4. The molecule has 1 aliphatic carbocycles. The van der Waals surface area contributed by atoms with E-state index in [9.17, 15) is 4.79 Å². The lowest BCUT2D eigenvalue weighted by molar-refractivity contribution is -0.119. The van der Waals surface area contributed by atoms with E-state index >= 15 is 0 Å². The predicted octanol–water partition coefficient (Wildman–Crippen LogP) is 3.09. The van der Waals surface area contributed by atoms with Gasteiger partial charge in [-0.05, 0) is 31.9 Å². The fourth-order valence-corrected chi connectivity index (χ4v) is 2.88. The van der Waals surface area contributed by atoms with Crippen LogP contribution in [0.5, 0.6) is 0 Å². The highest BCUT2D eigenvalue weighted by atomic mass is 16.1. The van der Waals surface area contributed by atoms with Gasteiger partial charge in [0.1, 0.15) is 6.33 Å². The summed E-state index contributed by atoms with van der Waals surface area (Å²) < 4.78 is 1.98. The molecule has 1 heterocycles. The minimum atomic E-state index is 0.140. The number of carbonyl (C=O) groups is 1. The summed E-state index contributed by atoms with van der Waals surface area (Å²) in [5, 5.41) is 11.1. The van der Waals surface area contributed by atoms with Crippen LogP contribution in [0.1, 0.15) is 32.6 Å². The molecule has 3 rings (SSSR count). The van der Waals surface area contributed by atoms with Crippen molar-refractivity contribution >= 4 is 11.6 Å². The first-order valence-corrected chi connectivity index (χ1v) is 7.57. The number of aromatic nitrogens is 3. The van der Waals surface area contributed by atoms with Crippen molar-refractivity contribution in [2.75, 3.05) is 5.32 Å². The number of hydrogen-bond acceptors (Lipinski definition) is 3. The number of hydrogen-bond donors (Lipinski definition) is 1. The number of nitrogens with one attached hydrogen (secondary N) is 1. The van der Waals surface area contributed by atoms with Crippen LogP contribution in [-0.2, 0) is 11.3 Å². The summed E-state index contributed by atoms with van der Waals surface area (Å²) in [6.45, 7) is 2.87. The van der Waals surface area contributed by atoms with Crippen LogP contribution >= 0.6 is 0 Å². The lowest BCUT2D eigenvalue weighted by Gasteiger charge is -2.11. The average molecular weight is 284 g/mol. The van der Waals surface area contributed by atoms with Crippen molar-refractivity contribution in [1.29, 1.82) is 0 Å². The SMILES string of the molecule is CCn1cnnc1-c1cccc(NC(=O)C2CCCC2)c1. The second-order valence-corrected chi connectivity index (χ2v) is 5.49. The van der Waals surface area contributed by atoms with Crippen molar-refractivity contribution in [2.24, 2.45) is 5.92 Å². The van der Waals surface area contributed by atoms with E-state index < -0.39 is 0 Å². The molecule has 1 aromatic heterocycles. The number of amides is 1. The number of nitrogens with zero attached hydrogens (tertiary/aromatic N) is 3. The van der Waals surface area contributed by atoms with Gasteiger partial charge in [-0.15, -0.1) is 10.2 Å². The molecule has 1 saturated carbocycles. The van der Waals surface area contributed by atoms with Gasteiger partial charge in [-0.1, -0.05) is 25.0 Å². The molecule has 0 bridgehead atoms. The van der Waals surface area contributed by atoms with Crippen LogP contribution in [0.3, 0.4) is 0 Å². The Balaban J connectivity index is 1.78. The second-order valence-electron chi connectivity index (χ2n) is 5.49. The predicted molar refractivity (Wildman–Crippen MR) is 81.7 cm³/mol. The van der Waals surface area contributed by atoms with E-state index in [0.29, 0.717) is 0 Å². The van der Waals surface area contributed by atoms with E-state index in [2.05, 4.69) is 22.4 Å². The third-order valence-electron chi connectivity index (χ3n) is 4.07. The first kappa shape index (κ1) is 13.8. The smallest absolute Gasteiger partial charge is 0.227 e. The third-order valence-corrected chi connectivity index (χ3v) is 4.07. The van der Waals surface area contributed by atoms with Crippen LogP contribution < -0.4 is 5.32 Å². The Morgan fingerprint density at radius 1 is 1.38 bits per heavy atom. The van der Waals surface area contributed by atoms with Gasteiger partial charge in [-0.2, -0.15) is 0 Å². The maximum atomic E-state index is 12.2. The fourth-order valence-electron chi connectivity index (χ4n) is 2.88. The van der Waals surface area contributed by atoms with Gasteiger partial charge in [0.2, 0.25) is 5.91 Å². The van der Waals surface area contributed by atoms with Crippen LogP contribution in [0.15, 0.2) is 30.6 Å². The topological polar surface area (TPSA) is 59.8 Å². The molecule has 0 atom stereocenters. The molecule has 1 aliphatic rings. The third kappa shape index (κ3) is 2.96. The van der Waals surface area contributed by atoms with Crippen molar-refractivity contribution < 1.29 is 4.79 Å². The lowest BCUT2D eigenvalue weighted by atomic mass is 10.1. The van der Waals surface area contributed by atoms with Crippen molar-refractivity contribution in [3.8, 4) is 11.4 Å². The van der Waals surface area contributed by atoms with Crippen molar-refractivity contribution in [3.63, 3.8) is 0 Å². The number of benzene rings is 1. The normalized spacial score (nSPS) is 15.3. The molecule has 1 N–H and O–H groups in total. The first-order chi connectivity index (χ1) is 10.3. The highest BCUT2D eigenvalue weighted by Gasteiger charge is 2.22. The summed E-state index contributed by atoms with van der Waals surface area (Å²) in [7, 11) is 0. The van der Waals surface area contributed by atoms with Crippen molar-refractivity contribution in [2.45, 2.75) is 39.2 Å². The Bertz CT molecular complexity index is 629. The van der Waals surface area contributed by atoms with Gasteiger partial charge in [0.25, 0.3) is 0 Å². The Morgan fingerprint density at radius 3 is 2.95 bits per heavy atom. The first-order valence-electron chi connectivity index (χ1n) is 7.57. The van der Waals surface area contributed by atoms with E-state index in [1.165, 1.54) is 0 Å². The Labute approximate surface area is 124 Å². The molecule has 1 amide bonds. The van der Waals surface area contributed by atoms with E-state index in [-0.39, 0.29) is 11.8 Å². The van der Waals surface area contributed by atoms with Crippen LogP contribution in [-0.4, -0.2) is 20.7 Å². The molecular formula is C16H20N4O. The zero-order chi connectivity index (χ0) is 14.7. The summed E-state index contributed by atoms with van der Waals surface area (Å²) in [5.41, 5.74) is 1.80. The molecule has 0 radical (unpaired) electrons. The van der Waals surface area contributed by atoms with Crippen LogP contribution in [0.25, 0.3) is 11.4 Å². The highest BCUT2D eigenvalue weighted by molar-refractivity contribution is 5.93. The Kier molecular flexibility index (Phi) is 3.99. The Hall–Kier alpha value is -2.17. The van der Waals surface area contributed by atoms with Crippen molar-refractivity contribution in [1.82, 2.24) is 14.8 Å². The van der Waals surface area contributed by atoms with Gasteiger partial charge >= 0.3 is 0 Å². The summed E-state index contributed by atoms with van der Waals surface area (Å²) in [5.74, 6) is 1.14. The fraction of sp³-hybridized carbons (Fsp3) is 0.438. The standard InChI is InChI=1S/C16H20N4O/c1-2-20-11-17-19-15(20)13-8-5-9-14(10-13)18-16(21)12-6-3-4-7-12/h5,8-12H,2-4,6-7H2,1H3,(H,18,21). The molecule has 110 valence electrons. The maximum absolute atomic E-state index is 12.2. The summed E-state index contributed by atoms with van der Waals surface area (Å²) in [4.78, 5) is 12.2. The molecule has 5 heteroatoms. The Morgan fingerprint density at radius 2 is 2.19 bits per heavy atom. The van der Waals surface area contributed by atoms with Gasteiger partial charge < -0.3 is 9.88 Å². The molecule has 21 heavy (non-hydrogen) atoms. The maximum Gasteiger partial charge on any atom is 0.227 e. The average Bonchev–Trinajstić information content (AvgIpc) is 3.18. The molecular weight excluding hydrogens is 264 g/mol. The van der Waals surface area contributed by atoms with E-state index in [1.807, 2.05) is 28.8 Å². The molecule has 1 fully saturated rings. The zero-order valence-electron chi connectivity index (χ0n) is 12.2. The van der Waals surface area contributed by atoms with Gasteiger partial charge in [0, 0.05) is 23.7 Å². The van der Waals surface area contributed by atoms with Gasteiger partial charge in [-0.25, -0.2) is 0 Å². The molecule has 1 aromatic carbocycles. The highest BCUT2D eigenvalue weighted by Crippen LogP contribution is 2.27. The van der Waals surface area contributed by atoms with Crippen LogP contribution in [0.2, 0.25) is 0 Å². The largest absolute Gasteiger partial charge is 0.326 e. The van der Waals surface area contributed by atoms with Crippen LogP contribution in [0, 0.1) is 5.92 Å². The van der Waals surface area contributed by atoms with Gasteiger partial charge in [0.05, 0.1) is 0 Å². The molecule has 0 aliphatic heterocycles. The van der Waals surface area contributed by atoms with E-state index in [4.69, 9.17) is 0 Å². The minimum absolute atomic E-state index is 0.140. The van der Waals surface area contributed by atoms with Gasteiger partial charge in [-0.3, -0.25) is 4.79 Å². The molecule has 0 saturated heterocycles. The monoisotopic (exact) mass is 284 g/mol. The summed E-state index contributed by atoms with van der Waals surface area (Å²) in [6, 6.07) is 7.81. The minimum Gasteiger partial charge on any atom is -0.326 e. The molecule has 5 nitrogen and oxygen atoms in total. The summed E-state index contributed by atoms with van der Waals surface area (Å²) in [6.07, 6.45) is 6.07. The molecule has 2 aromatic rings. The lowest BCUT2D eigenvalue weighted by Crippen LogP contribution is -2.20.